The Labute approximate surface area is 638 Å². The third-order valence-electron chi connectivity index (χ3n) is 20.5. The molecule has 0 spiro atoms. The molecule has 19 heteroatoms. The van der Waals surface area contributed by atoms with Gasteiger partial charge in [-0.05, 0) is 49.4 Å². The smallest absolute Gasteiger partial charge is 0.462 e. The minimum atomic E-state index is -4.96. The third kappa shape index (κ3) is 75.5. The fourth-order valence-electron chi connectivity index (χ4n) is 13.1. The number of aliphatic hydroxyl groups is 1. The van der Waals surface area contributed by atoms with E-state index in [0.717, 1.165) is 115 Å². The molecule has 0 radical (unpaired) electrons. The number of phosphoric acid groups is 2. The van der Waals surface area contributed by atoms with E-state index in [1.807, 2.05) is 0 Å². The predicted molar refractivity (Wildman–Crippen MR) is 428 cm³/mol. The Morgan fingerprint density at radius 2 is 0.462 bits per heavy atom. The molecule has 0 amide bonds. The van der Waals surface area contributed by atoms with Crippen LogP contribution in [0, 0.1) is 23.7 Å². The molecule has 0 saturated heterocycles. The largest absolute Gasteiger partial charge is 0.472 e. The average Bonchev–Trinajstić information content (AvgIpc) is 0.937. The van der Waals surface area contributed by atoms with E-state index in [1.54, 1.807) is 0 Å². The van der Waals surface area contributed by atoms with Gasteiger partial charge in [0.25, 0.3) is 0 Å². The van der Waals surface area contributed by atoms with Gasteiger partial charge in [-0.25, -0.2) is 9.13 Å². The van der Waals surface area contributed by atoms with E-state index in [0.29, 0.717) is 37.5 Å². The molecule has 3 N–H and O–H groups in total. The molecule has 0 heterocycles. The van der Waals surface area contributed by atoms with Crippen LogP contribution in [0.1, 0.15) is 441 Å². The van der Waals surface area contributed by atoms with Crippen LogP contribution < -0.4 is 0 Å². The summed E-state index contributed by atoms with van der Waals surface area (Å²) < 4.78 is 68.7. The van der Waals surface area contributed by atoms with Crippen molar-refractivity contribution in [1.82, 2.24) is 0 Å². The van der Waals surface area contributed by atoms with Crippen molar-refractivity contribution < 1.29 is 80.2 Å². The molecule has 0 fully saturated rings. The first-order valence-corrected chi connectivity index (χ1v) is 46.8. The van der Waals surface area contributed by atoms with Gasteiger partial charge in [0.1, 0.15) is 19.3 Å². The van der Waals surface area contributed by atoms with Gasteiger partial charge in [-0.15, -0.1) is 0 Å². The highest BCUT2D eigenvalue weighted by molar-refractivity contribution is 7.47. The normalized spacial score (nSPS) is 14.5. The summed E-state index contributed by atoms with van der Waals surface area (Å²) in [6, 6.07) is 0. The SMILES string of the molecule is CCC(C)CCCCCCCCCCCCCCCCCCCCC(=O)O[C@H](COC(=O)CCCCCCCCCC(C)C)COP(=O)(O)OCC(O)COP(=O)(O)OC[C@@H](COC(=O)CCCCCCCCCC(C)C)OC(=O)CCCCCCCCCCCCCCCCCCCCC(C)CC. The molecule has 104 heavy (non-hydrogen) atoms. The summed E-state index contributed by atoms with van der Waals surface area (Å²) >= 11 is 0. The molecule has 618 valence electrons. The monoisotopic (exact) mass is 1520 g/mol. The van der Waals surface area contributed by atoms with Gasteiger partial charge in [0.2, 0.25) is 0 Å². The standard InChI is InChI=1S/C85H166O17P2/c1-9-77(7)63-55-47-39-31-27-23-19-15-11-13-17-21-25-29-33-41-51-59-67-84(89)101-80(71-95-82(87)65-57-49-43-35-37-45-53-61-75(3)4)73-99-103(91,92)97-69-79(86)70-98-104(93,94)100-74-81(72-96-83(88)66-58-50-44-36-38-46-54-62-76(5)6)102-85(90)68-60-52-42-34-30-26-22-18-14-12-16-20-24-28-32-40-48-56-64-78(8)10-2/h75-81,86H,9-74H2,1-8H3,(H,91,92)(H,93,94)/t77?,78?,79?,80-,81-/m1/s1. The molecule has 0 rings (SSSR count). The molecule has 6 atom stereocenters. The molecule has 0 aromatic carbocycles. The lowest BCUT2D eigenvalue weighted by Gasteiger charge is -2.21. The number of ether oxygens (including phenoxy) is 4. The summed E-state index contributed by atoms with van der Waals surface area (Å²) in [7, 11) is -9.92. The summed E-state index contributed by atoms with van der Waals surface area (Å²) in [6.07, 6.45) is 62.8. The summed E-state index contributed by atoms with van der Waals surface area (Å²) in [4.78, 5) is 73.0. The second kappa shape index (κ2) is 73.8. The molecular weight excluding hydrogens is 1350 g/mol. The van der Waals surface area contributed by atoms with Crippen molar-refractivity contribution in [3.8, 4) is 0 Å². The van der Waals surface area contributed by atoms with Crippen LogP contribution in [0.15, 0.2) is 0 Å². The van der Waals surface area contributed by atoms with Gasteiger partial charge in [-0.3, -0.25) is 37.3 Å². The van der Waals surface area contributed by atoms with E-state index < -0.39 is 97.5 Å². The summed E-state index contributed by atoms with van der Waals surface area (Å²) in [5.41, 5.74) is 0. The zero-order chi connectivity index (χ0) is 76.7. The van der Waals surface area contributed by atoms with Crippen molar-refractivity contribution in [3.63, 3.8) is 0 Å². The van der Waals surface area contributed by atoms with Gasteiger partial charge < -0.3 is 33.8 Å². The third-order valence-corrected chi connectivity index (χ3v) is 22.4. The van der Waals surface area contributed by atoms with Gasteiger partial charge in [-0.2, -0.15) is 0 Å². The number of phosphoric ester groups is 2. The molecule has 4 unspecified atom stereocenters. The van der Waals surface area contributed by atoms with Crippen LogP contribution in [0.25, 0.3) is 0 Å². The van der Waals surface area contributed by atoms with E-state index in [9.17, 15) is 43.2 Å². The zero-order valence-electron chi connectivity index (χ0n) is 68.7. The lowest BCUT2D eigenvalue weighted by molar-refractivity contribution is -0.161. The molecule has 0 aromatic heterocycles. The van der Waals surface area contributed by atoms with E-state index in [4.69, 9.17) is 37.0 Å². The number of hydrogen-bond donors (Lipinski definition) is 3. The fraction of sp³-hybridized carbons (Fsp3) is 0.953. The minimum absolute atomic E-state index is 0.107. The van der Waals surface area contributed by atoms with Crippen molar-refractivity contribution in [2.75, 3.05) is 39.6 Å². The predicted octanol–water partition coefficient (Wildman–Crippen LogP) is 25.6. The van der Waals surface area contributed by atoms with Crippen LogP contribution in [-0.4, -0.2) is 96.7 Å². The number of aliphatic hydroxyl groups excluding tert-OH is 1. The second-order valence-corrected chi connectivity index (χ2v) is 34.9. The van der Waals surface area contributed by atoms with Crippen molar-refractivity contribution in [1.29, 1.82) is 0 Å². The Bertz CT molecular complexity index is 1890. The van der Waals surface area contributed by atoms with Gasteiger partial charge in [-0.1, -0.05) is 389 Å². The Morgan fingerprint density at radius 1 is 0.269 bits per heavy atom. The molecule has 0 aromatic rings. The van der Waals surface area contributed by atoms with Crippen LogP contribution in [0.2, 0.25) is 0 Å². The first-order chi connectivity index (χ1) is 50.2. The van der Waals surface area contributed by atoms with Crippen molar-refractivity contribution in [3.05, 3.63) is 0 Å². The number of carbonyl (C=O) groups is 4. The molecule has 0 aliphatic carbocycles. The number of carbonyl (C=O) groups excluding carboxylic acids is 4. The topological polar surface area (TPSA) is 237 Å². The Kier molecular flexibility index (Phi) is 72.5. The van der Waals surface area contributed by atoms with Crippen LogP contribution in [-0.2, 0) is 65.4 Å². The van der Waals surface area contributed by atoms with Crippen molar-refractivity contribution in [2.24, 2.45) is 23.7 Å². The van der Waals surface area contributed by atoms with E-state index >= 15 is 0 Å². The lowest BCUT2D eigenvalue weighted by atomic mass is 9.99. The highest BCUT2D eigenvalue weighted by Crippen LogP contribution is 2.45. The van der Waals surface area contributed by atoms with Crippen LogP contribution in [0.3, 0.4) is 0 Å². The maximum atomic E-state index is 13.1. The second-order valence-electron chi connectivity index (χ2n) is 32.0. The Balaban J connectivity index is 5.13. The maximum absolute atomic E-state index is 13.1. The summed E-state index contributed by atoms with van der Waals surface area (Å²) in [5.74, 6) is 1.04. The van der Waals surface area contributed by atoms with E-state index in [1.165, 1.54) is 231 Å². The van der Waals surface area contributed by atoms with Gasteiger partial charge in [0, 0.05) is 25.7 Å². The molecule has 0 aliphatic heterocycles. The quantitative estimate of drug-likeness (QED) is 0.0222. The minimum Gasteiger partial charge on any atom is -0.462 e. The first-order valence-electron chi connectivity index (χ1n) is 43.8. The lowest BCUT2D eigenvalue weighted by Crippen LogP contribution is -2.30. The zero-order valence-corrected chi connectivity index (χ0v) is 70.5. The van der Waals surface area contributed by atoms with Gasteiger partial charge in [0.05, 0.1) is 26.4 Å². The van der Waals surface area contributed by atoms with Gasteiger partial charge >= 0.3 is 39.5 Å². The Morgan fingerprint density at radius 3 is 0.683 bits per heavy atom. The number of hydrogen-bond acceptors (Lipinski definition) is 15. The Hall–Kier alpha value is -1.94. The van der Waals surface area contributed by atoms with Crippen LogP contribution in [0.4, 0.5) is 0 Å². The summed E-state index contributed by atoms with van der Waals surface area (Å²) in [6.45, 7) is 14.3. The molecule has 0 bridgehead atoms. The maximum Gasteiger partial charge on any atom is 0.472 e. The highest BCUT2D eigenvalue weighted by atomic mass is 31.2. The number of esters is 4. The highest BCUT2D eigenvalue weighted by Gasteiger charge is 2.30. The first kappa shape index (κ1) is 102. The molecule has 17 nitrogen and oxygen atoms in total. The van der Waals surface area contributed by atoms with Crippen molar-refractivity contribution >= 4 is 39.5 Å². The fourth-order valence-corrected chi connectivity index (χ4v) is 14.7. The van der Waals surface area contributed by atoms with Crippen LogP contribution >= 0.6 is 15.6 Å². The van der Waals surface area contributed by atoms with Gasteiger partial charge in [0.15, 0.2) is 12.2 Å². The van der Waals surface area contributed by atoms with E-state index in [-0.39, 0.29) is 25.7 Å². The summed E-state index contributed by atoms with van der Waals surface area (Å²) in [5, 5.41) is 10.7. The number of unbranched alkanes of at least 4 members (excludes halogenated alkanes) is 46. The average molecular weight is 1520 g/mol. The van der Waals surface area contributed by atoms with Crippen LogP contribution in [0.5, 0.6) is 0 Å². The molecule has 0 saturated carbocycles. The number of rotatable bonds is 82. The van der Waals surface area contributed by atoms with Crippen molar-refractivity contribution in [2.45, 2.75) is 459 Å². The molecule has 0 aliphatic rings. The van der Waals surface area contributed by atoms with E-state index in [2.05, 4.69) is 55.4 Å². The molecular formula is C85H166O17P2.